The third-order valence-electron chi connectivity index (χ3n) is 1.15. The molecule has 1 amide bonds. The normalized spacial score (nSPS) is 8.45. The second kappa shape index (κ2) is 4.83. The van der Waals surface area contributed by atoms with Crippen LogP contribution in [0.4, 0.5) is 0 Å². The molecule has 0 aliphatic carbocycles. The van der Waals surface area contributed by atoms with E-state index in [1.54, 1.807) is 24.3 Å². The Labute approximate surface area is 92.9 Å². The summed E-state index contributed by atoms with van der Waals surface area (Å²) in [6.07, 6.45) is 0. The van der Waals surface area contributed by atoms with Gasteiger partial charge in [-0.05, 0) is 24.3 Å². The van der Waals surface area contributed by atoms with Crippen molar-refractivity contribution >= 4 is 18.5 Å². The molecular weight excluding hydrogens is 169 g/mol. The SMILES string of the molecule is NC(=O)c1ccc(S)cc1.[Na+]. The minimum absolute atomic E-state index is 0. The summed E-state index contributed by atoms with van der Waals surface area (Å²) in [6.45, 7) is 0. The quantitative estimate of drug-likeness (QED) is 0.380. The standard InChI is InChI=1S/C7H7NOS.Na/c8-7(9)5-1-3-6(10)4-2-5;/h1-4,10H,(H2,8,9);/q;+1. The van der Waals surface area contributed by atoms with Gasteiger partial charge in [0.1, 0.15) is 0 Å². The Morgan fingerprint density at radius 3 is 2.09 bits per heavy atom. The average Bonchev–Trinajstić information content (AvgIpc) is 1.88. The largest absolute Gasteiger partial charge is 1.00 e. The van der Waals surface area contributed by atoms with Crippen molar-refractivity contribution in [2.45, 2.75) is 4.90 Å². The van der Waals surface area contributed by atoms with Crippen LogP contribution in [0.25, 0.3) is 0 Å². The Hall–Kier alpha value is 0.0400. The molecule has 0 aliphatic heterocycles. The summed E-state index contributed by atoms with van der Waals surface area (Å²) < 4.78 is 0. The topological polar surface area (TPSA) is 43.1 Å². The summed E-state index contributed by atoms with van der Waals surface area (Å²) in [4.78, 5) is 11.3. The molecule has 0 aliphatic rings. The number of carbonyl (C=O) groups is 1. The van der Waals surface area contributed by atoms with Gasteiger partial charge in [0.2, 0.25) is 5.91 Å². The van der Waals surface area contributed by atoms with Gasteiger partial charge in [-0.3, -0.25) is 4.79 Å². The molecule has 0 bridgehead atoms. The van der Waals surface area contributed by atoms with E-state index in [4.69, 9.17) is 5.73 Å². The molecule has 52 valence electrons. The number of primary amides is 1. The molecule has 0 atom stereocenters. The van der Waals surface area contributed by atoms with Crippen molar-refractivity contribution in [2.24, 2.45) is 5.73 Å². The number of rotatable bonds is 1. The number of benzene rings is 1. The van der Waals surface area contributed by atoms with Crippen molar-refractivity contribution in [3.05, 3.63) is 29.8 Å². The van der Waals surface area contributed by atoms with Crippen LogP contribution in [0.5, 0.6) is 0 Å². The zero-order chi connectivity index (χ0) is 7.56. The van der Waals surface area contributed by atoms with Crippen LogP contribution in [0.1, 0.15) is 10.4 Å². The first-order chi connectivity index (χ1) is 4.70. The minimum atomic E-state index is -0.409. The van der Waals surface area contributed by atoms with Crippen molar-refractivity contribution in [3.8, 4) is 0 Å². The monoisotopic (exact) mass is 176 g/mol. The van der Waals surface area contributed by atoms with Crippen molar-refractivity contribution < 1.29 is 34.4 Å². The summed E-state index contributed by atoms with van der Waals surface area (Å²) in [5.74, 6) is -0.409. The van der Waals surface area contributed by atoms with E-state index in [9.17, 15) is 4.79 Å². The van der Waals surface area contributed by atoms with Crippen LogP contribution < -0.4 is 35.3 Å². The van der Waals surface area contributed by atoms with Crippen molar-refractivity contribution in [3.63, 3.8) is 0 Å². The fourth-order valence-corrected chi connectivity index (χ4v) is 0.775. The maximum Gasteiger partial charge on any atom is 1.00 e. The molecule has 0 unspecified atom stereocenters. The van der Waals surface area contributed by atoms with Crippen LogP contribution in [0.15, 0.2) is 29.2 Å². The zero-order valence-corrected chi connectivity index (χ0v) is 9.14. The molecule has 1 aromatic rings. The van der Waals surface area contributed by atoms with E-state index in [2.05, 4.69) is 12.6 Å². The van der Waals surface area contributed by atoms with Gasteiger partial charge >= 0.3 is 29.6 Å². The number of hydrogen-bond acceptors (Lipinski definition) is 2. The smallest absolute Gasteiger partial charge is 0.366 e. The summed E-state index contributed by atoms with van der Waals surface area (Å²) in [5.41, 5.74) is 5.51. The van der Waals surface area contributed by atoms with E-state index in [1.165, 1.54) is 0 Å². The number of amides is 1. The summed E-state index contributed by atoms with van der Waals surface area (Å²) in [5, 5.41) is 0. The second-order valence-electron chi connectivity index (χ2n) is 1.91. The Bertz CT molecular complexity index is 247. The molecule has 11 heavy (non-hydrogen) atoms. The Morgan fingerprint density at radius 1 is 1.27 bits per heavy atom. The fraction of sp³-hybridized carbons (Fsp3) is 0. The van der Waals surface area contributed by atoms with Gasteiger partial charge < -0.3 is 5.73 Å². The molecular formula is C7H7NNaOS+. The van der Waals surface area contributed by atoms with Crippen LogP contribution >= 0.6 is 12.6 Å². The molecule has 0 fully saturated rings. The van der Waals surface area contributed by atoms with Crippen LogP contribution in [0.3, 0.4) is 0 Å². The van der Waals surface area contributed by atoms with Crippen LogP contribution in [0.2, 0.25) is 0 Å². The van der Waals surface area contributed by atoms with Gasteiger partial charge in [0.25, 0.3) is 0 Å². The summed E-state index contributed by atoms with van der Waals surface area (Å²) >= 11 is 4.05. The molecule has 2 nitrogen and oxygen atoms in total. The van der Waals surface area contributed by atoms with Crippen LogP contribution in [-0.2, 0) is 0 Å². The van der Waals surface area contributed by atoms with Gasteiger partial charge in [-0.2, -0.15) is 0 Å². The maximum absolute atomic E-state index is 10.5. The molecule has 1 rings (SSSR count). The second-order valence-corrected chi connectivity index (χ2v) is 2.43. The number of carbonyl (C=O) groups excluding carboxylic acids is 1. The van der Waals surface area contributed by atoms with Gasteiger partial charge in [0, 0.05) is 10.5 Å². The predicted octanol–water partition coefficient (Wildman–Crippen LogP) is -1.92. The van der Waals surface area contributed by atoms with Gasteiger partial charge in [-0.25, -0.2) is 0 Å². The first-order valence-electron chi connectivity index (χ1n) is 2.79. The number of nitrogens with two attached hydrogens (primary N) is 1. The zero-order valence-electron chi connectivity index (χ0n) is 6.24. The minimum Gasteiger partial charge on any atom is -0.366 e. The Morgan fingerprint density at radius 2 is 1.73 bits per heavy atom. The van der Waals surface area contributed by atoms with Crippen molar-refractivity contribution in [2.75, 3.05) is 0 Å². The number of thiol groups is 1. The van der Waals surface area contributed by atoms with Gasteiger partial charge in [0.05, 0.1) is 0 Å². The van der Waals surface area contributed by atoms with Gasteiger partial charge in [-0.1, -0.05) is 0 Å². The van der Waals surface area contributed by atoms with Crippen LogP contribution in [-0.4, -0.2) is 5.91 Å². The molecule has 0 saturated carbocycles. The molecule has 0 saturated heterocycles. The van der Waals surface area contributed by atoms with E-state index in [0.717, 1.165) is 4.90 Å². The number of hydrogen-bond donors (Lipinski definition) is 2. The van der Waals surface area contributed by atoms with E-state index < -0.39 is 5.91 Å². The summed E-state index contributed by atoms with van der Waals surface area (Å²) in [6, 6.07) is 6.74. The third-order valence-corrected chi connectivity index (χ3v) is 1.45. The van der Waals surface area contributed by atoms with E-state index >= 15 is 0 Å². The molecule has 4 heteroatoms. The Balaban J connectivity index is 0.000001000. The van der Waals surface area contributed by atoms with Gasteiger partial charge in [0.15, 0.2) is 0 Å². The molecule has 0 radical (unpaired) electrons. The average molecular weight is 176 g/mol. The third kappa shape index (κ3) is 3.29. The molecule has 0 spiro atoms. The molecule has 1 aromatic carbocycles. The fourth-order valence-electron chi connectivity index (χ4n) is 0.626. The first kappa shape index (κ1) is 11.0. The van der Waals surface area contributed by atoms with Crippen molar-refractivity contribution in [1.29, 1.82) is 0 Å². The maximum atomic E-state index is 10.5. The van der Waals surface area contributed by atoms with E-state index in [1.807, 2.05) is 0 Å². The summed E-state index contributed by atoms with van der Waals surface area (Å²) in [7, 11) is 0. The first-order valence-corrected chi connectivity index (χ1v) is 3.23. The molecule has 0 heterocycles. The molecule has 0 aromatic heterocycles. The Kier molecular flexibility index (Phi) is 4.84. The van der Waals surface area contributed by atoms with E-state index in [0.29, 0.717) is 5.56 Å². The molecule has 2 N–H and O–H groups in total. The van der Waals surface area contributed by atoms with Gasteiger partial charge in [-0.15, -0.1) is 12.6 Å². The van der Waals surface area contributed by atoms with Crippen LogP contribution in [0, 0.1) is 0 Å². The predicted molar refractivity (Wildman–Crippen MR) is 42.2 cm³/mol. The van der Waals surface area contributed by atoms with Crippen molar-refractivity contribution in [1.82, 2.24) is 0 Å². The van der Waals surface area contributed by atoms with E-state index in [-0.39, 0.29) is 29.6 Å².